The molecule has 0 radical (unpaired) electrons. The zero-order valence-corrected chi connectivity index (χ0v) is 21.5. The van der Waals surface area contributed by atoms with Crippen molar-refractivity contribution < 1.29 is 23.8 Å². The van der Waals surface area contributed by atoms with E-state index >= 15 is 0 Å². The van der Waals surface area contributed by atoms with Crippen LogP contribution in [0.3, 0.4) is 0 Å². The quantitative estimate of drug-likeness (QED) is 0.383. The van der Waals surface area contributed by atoms with Gasteiger partial charge in [-0.2, -0.15) is 0 Å². The molecule has 2 aromatic carbocycles. The summed E-state index contributed by atoms with van der Waals surface area (Å²) in [5, 5.41) is 2.01. The number of ether oxygens (including phenoxy) is 3. The van der Waals surface area contributed by atoms with Crippen LogP contribution in [0.15, 0.2) is 66.0 Å². The van der Waals surface area contributed by atoms with Crippen LogP contribution in [-0.4, -0.2) is 68.6 Å². The van der Waals surface area contributed by atoms with Crippen LogP contribution in [0.5, 0.6) is 5.75 Å². The molecule has 1 atom stereocenters. The van der Waals surface area contributed by atoms with Crippen LogP contribution in [0, 0.1) is 0 Å². The lowest BCUT2D eigenvalue weighted by Crippen LogP contribution is -2.50. The van der Waals surface area contributed by atoms with Crippen molar-refractivity contribution in [3.05, 3.63) is 87.6 Å². The van der Waals surface area contributed by atoms with Gasteiger partial charge in [0.2, 0.25) is 5.91 Å². The van der Waals surface area contributed by atoms with Gasteiger partial charge in [0.25, 0.3) is 0 Å². The molecule has 0 N–H and O–H groups in total. The Morgan fingerprint density at radius 3 is 2.42 bits per heavy atom. The Balaban J connectivity index is 1.38. The van der Waals surface area contributed by atoms with Crippen LogP contribution in [0.2, 0.25) is 0 Å². The zero-order valence-electron chi connectivity index (χ0n) is 20.7. The van der Waals surface area contributed by atoms with Gasteiger partial charge in [-0.25, -0.2) is 4.79 Å². The third-order valence-electron chi connectivity index (χ3n) is 6.35. The lowest BCUT2D eigenvalue weighted by Gasteiger charge is -2.36. The van der Waals surface area contributed by atoms with Gasteiger partial charge in [-0.05, 0) is 46.8 Å². The van der Waals surface area contributed by atoms with E-state index in [1.54, 1.807) is 30.6 Å². The first-order valence-corrected chi connectivity index (χ1v) is 12.9. The molecule has 1 aromatic heterocycles. The number of benzene rings is 2. The summed E-state index contributed by atoms with van der Waals surface area (Å²) in [4.78, 5) is 29.8. The first-order valence-electron chi connectivity index (χ1n) is 12.0. The van der Waals surface area contributed by atoms with Crippen LogP contribution in [0.25, 0.3) is 0 Å². The molecule has 3 aromatic rings. The van der Waals surface area contributed by atoms with E-state index < -0.39 is 0 Å². The van der Waals surface area contributed by atoms with Crippen molar-refractivity contribution in [3.8, 4) is 5.75 Å². The fraction of sp³-hybridized carbons (Fsp3) is 0.357. The summed E-state index contributed by atoms with van der Waals surface area (Å²) in [6.07, 6.45) is 0.302. The Hall–Kier alpha value is -3.20. The Morgan fingerprint density at radius 2 is 1.75 bits per heavy atom. The van der Waals surface area contributed by atoms with Gasteiger partial charge >= 0.3 is 5.97 Å². The number of hydrogen-bond acceptors (Lipinski definition) is 7. The number of esters is 1. The van der Waals surface area contributed by atoms with Gasteiger partial charge in [-0.3, -0.25) is 9.69 Å². The molecular weight excluding hydrogens is 476 g/mol. The average molecular weight is 509 g/mol. The molecule has 0 unspecified atom stereocenters. The molecular formula is C28H32N2O5S. The summed E-state index contributed by atoms with van der Waals surface area (Å²) in [5.41, 5.74) is 2.52. The first kappa shape index (κ1) is 25.9. The van der Waals surface area contributed by atoms with Gasteiger partial charge in [0.05, 0.1) is 38.9 Å². The van der Waals surface area contributed by atoms with Crippen molar-refractivity contribution >= 4 is 23.2 Å². The van der Waals surface area contributed by atoms with Crippen molar-refractivity contribution in [2.24, 2.45) is 0 Å². The van der Waals surface area contributed by atoms with Crippen LogP contribution in [0.4, 0.5) is 0 Å². The fourth-order valence-electron chi connectivity index (χ4n) is 4.24. The molecule has 4 rings (SSSR count). The average Bonchev–Trinajstić information content (AvgIpc) is 3.44. The second-order valence-electron chi connectivity index (χ2n) is 8.70. The van der Waals surface area contributed by atoms with Crippen molar-refractivity contribution in [2.45, 2.75) is 19.1 Å². The Morgan fingerprint density at radius 1 is 0.972 bits per heavy atom. The van der Waals surface area contributed by atoms with E-state index in [9.17, 15) is 9.59 Å². The Bertz CT molecular complexity index is 1130. The number of methoxy groups -OCH3 is 2. The predicted octanol–water partition coefficient (Wildman–Crippen LogP) is 4.19. The minimum atomic E-state index is -0.357. The summed E-state index contributed by atoms with van der Waals surface area (Å²) < 4.78 is 16.6. The maximum Gasteiger partial charge on any atom is 0.337 e. The number of carbonyl (C=O) groups is 2. The molecule has 1 fully saturated rings. The number of carbonyl (C=O) groups excluding carboxylic acids is 2. The lowest BCUT2D eigenvalue weighted by molar-refractivity contribution is -0.132. The molecule has 7 nitrogen and oxygen atoms in total. The highest BCUT2D eigenvalue weighted by Gasteiger charge is 2.24. The van der Waals surface area contributed by atoms with Crippen molar-refractivity contribution in [1.82, 2.24) is 9.80 Å². The standard InChI is InChI=1S/C28H32N2O5S/c1-33-24-6-3-5-23(17-24)26(35-20-21-8-10-22(11-9-21)28(32)34-2)19-29-12-14-30(15-13-29)27(31)18-25-7-4-16-36-25/h3-11,16-17,26H,12-15,18-20H2,1-2H3/t26-/m1/s1. The Labute approximate surface area is 216 Å². The number of piperazine rings is 1. The van der Waals surface area contributed by atoms with Crippen molar-refractivity contribution in [2.75, 3.05) is 46.9 Å². The third-order valence-corrected chi connectivity index (χ3v) is 7.22. The van der Waals surface area contributed by atoms with E-state index in [1.807, 2.05) is 58.8 Å². The molecule has 8 heteroatoms. The minimum Gasteiger partial charge on any atom is -0.497 e. The minimum absolute atomic E-state index is 0.172. The second-order valence-corrected chi connectivity index (χ2v) is 9.73. The van der Waals surface area contributed by atoms with Crippen molar-refractivity contribution in [1.29, 1.82) is 0 Å². The van der Waals surface area contributed by atoms with Gasteiger partial charge < -0.3 is 19.1 Å². The zero-order chi connectivity index (χ0) is 25.3. The number of nitrogens with zero attached hydrogens (tertiary/aromatic N) is 2. The highest BCUT2D eigenvalue weighted by atomic mass is 32.1. The highest BCUT2D eigenvalue weighted by molar-refractivity contribution is 7.10. The maximum absolute atomic E-state index is 12.7. The number of rotatable bonds is 10. The molecule has 1 aliphatic heterocycles. The summed E-state index contributed by atoms with van der Waals surface area (Å²) in [6.45, 7) is 4.14. The second kappa shape index (κ2) is 12.7. The topological polar surface area (TPSA) is 68.3 Å². The first-order chi connectivity index (χ1) is 17.6. The molecule has 0 bridgehead atoms. The molecule has 36 heavy (non-hydrogen) atoms. The Kier molecular flexibility index (Phi) is 9.11. The van der Waals surface area contributed by atoms with E-state index in [-0.39, 0.29) is 18.0 Å². The van der Waals surface area contributed by atoms with Crippen LogP contribution in [-0.2, 0) is 27.3 Å². The van der Waals surface area contributed by atoms with Gasteiger partial charge in [-0.15, -0.1) is 11.3 Å². The normalized spacial score (nSPS) is 14.9. The molecule has 0 aliphatic carbocycles. The van der Waals surface area contributed by atoms with E-state index in [2.05, 4.69) is 4.90 Å². The van der Waals surface area contributed by atoms with Gasteiger partial charge in [-0.1, -0.05) is 30.3 Å². The smallest absolute Gasteiger partial charge is 0.337 e. The van der Waals surface area contributed by atoms with E-state index in [1.165, 1.54) is 7.11 Å². The molecule has 190 valence electrons. The number of thiophene rings is 1. The summed E-state index contributed by atoms with van der Waals surface area (Å²) in [5.74, 6) is 0.616. The molecule has 1 aliphatic rings. The van der Waals surface area contributed by atoms with E-state index in [4.69, 9.17) is 14.2 Å². The fourth-order valence-corrected chi connectivity index (χ4v) is 4.93. The molecule has 0 saturated carbocycles. The van der Waals surface area contributed by atoms with Crippen LogP contribution in [0.1, 0.15) is 32.5 Å². The molecule has 0 spiro atoms. The predicted molar refractivity (Wildman–Crippen MR) is 139 cm³/mol. The third kappa shape index (κ3) is 6.94. The van der Waals surface area contributed by atoms with Crippen LogP contribution < -0.4 is 4.74 Å². The number of amides is 1. The molecule has 1 amide bonds. The van der Waals surface area contributed by atoms with Crippen LogP contribution >= 0.6 is 11.3 Å². The SMILES string of the molecule is COC(=O)c1ccc(CO[C@H](CN2CCN(C(=O)Cc3cccs3)CC2)c2cccc(OC)c2)cc1. The lowest BCUT2D eigenvalue weighted by atomic mass is 10.1. The monoisotopic (exact) mass is 508 g/mol. The van der Waals surface area contributed by atoms with Gasteiger partial charge in [0.15, 0.2) is 0 Å². The summed E-state index contributed by atoms with van der Waals surface area (Å²) in [7, 11) is 3.03. The highest BCUT2D eigenvalue weighted by Crippen LogP contribution is 2.25. The maximum atomic E-state index is 12.7. The van der Waals surface area contributed by atoms with Gasteiger partial charge in [0.1, 0.15) is 5.75 Å². The molecule has 2 heterocycles. The van der Waals surface area contributed by atoms with E-state index in [0.717, 1.165) is 34.8 Å². The van der Waals surface area contributed by atoms with Crippen molar-refractivity contribution in [3.63, 3.8) is 0 Å². The molecule has 1 saturated heterocycles. The number of hydrogen-bond donors (Lipinski definition) is 0. The van der Waals surface area contributed by atoms with E-state index in [0.29, 0.717) is 38.2 Å². The summed E-state index contributed by atoms with van der Waals surface area (Å²) >= 11 is 1.62. The largest absolute Gasteiger partial charge is 0.497 e. The summed E-state index contributed by atoms with van der Waals surface area (Å²) in [6, 6.07) is 19.2. The van der Waals surface area contributed by atoms with Gasteiger partial charge in [0, 0.05) is 37.6 Å².